The Balaban J connectivity index is 1.59. The van der Waals surface area contributed by atoms with Crippen LogP contribution in [0, 0.1) is 6.92 Å². The molecule has 2 heterocycles. The molecular formula is C17H17Cl2N5O. The van der Waals surface area contributed by atoms with Crippen LogP contribution in [0.5, 0.6) is 0 Å². The van der Waals surface area contributed by atoms with Gasteiger partial charge in [-0.1, -0.05) is 35.3 Å². The van der Waals surface area contributed by atoms with Crippen molar-refractivity contribution in [3.63, 3.8) is 0 Å². The highest BCUT2D eigenvalue weighted by Crippen LogP contribution is 2.20. The Kier molecular flexibility index (Phi) is 5.40. The lowest BCUT2D eigenvalue weighted by Gasteiger charge is -2.05. The Bertz CT molecular complexity index is 870. The average molecular weight is 378 g/mol. The molecular weight excluding hydrogens is 361 g/mol. The normalized spacial score (nSPS) is 10.8. The van der Waals surface area contributed by atoms with Gasteiger partial charge in [-0.25, -0.2) is 0 Å². The number of nitrogens with zero attached hydrogens (tertiary/aromatic N) is 4. The van der Waals surface area contributed by atoms with E-state index in [1.54, 1.807) is 21.8 Å². The number of rotatable bonds is 6. The summed E-state index contributed by atoms with van der Waals surface area (Å²) in [5, 5.41) is 12.3. The minimum Gasteiger partial charge on any atom is -0.308 e. The maximum atomic E-state index is 12.1. The van der Waals surface area contributed by atoms with Crippen LogP contribution in [-0.4, -0.2) is 25.5 Å². The SMILES string of the molecule is Cc1ccnn1CCC(=O)Nc1nn(Cc2ccc(Cl)cc2)cc1Cl. The van der Waals surface area contributed by atoms with E-state index in [9.17, 15) is 4.79 Å². The molecule has 1 aromatic carbocycles. The van der Waals surface area contributed by atoms with Gasteiger partial charge < -0.3 is 5.32 Å². The first-order valence-corrected chi connectivity index (χ1v) is 8.52. The van der Waals surface area contributed by atoms with Gasteiger partial charge in [-0.15, -0.1) is 0 Å². The predicted octanol–water partition coefficient (Wildman–Crippen LogP) is 3.77. The fraction of sp³-hybridized carbons (Fsp3) is 0.235. The molecule has 0 radical (unpaired) electrons. The molecule has 0 atom stereocenters. The van der Waals surface area contributed by atoms with Gasteiger partial charge in [-0.2, -0.15) is 10.2 Å². The van der Waals surface area contributed by atoms with Crippen LogP contribution < -0.4 is 5.32 Å². The minimum atomic E-state index is -0.159. The van der Waals surface area contributed by atoms with E-state index in [0.717, 1.165) is 11.3 Å². The lowest BCUT2D eigenvalue weighted by Crippen LogP contribution is -2.16. The number of aromatic nitrogens is 4. The van der Waals surface area contributed by atoms with Crippen molar-refractivity contribution in [3.05, 3.63) is 64.0 Å². The number of aryl methyl sites for hydroxylation is 2. The Morgan fingerprint density at radius 3 is 2.64 bits per heavy atom. The Hall–Kier alpha value is -2.31. The zero-order chi connectivity index (χ0) is 17.8. The van der Waals surface area contributed by atoms with E-state index in [0.29, 0.717) is 35.4 Å². The molecule has 0 saturated carbocycles. The molecule has 0 aliphatic carbocycles. The molecule has 1 N–H and O–H groups in total. The number of hydrogen-bond donors (Lipinski definition) is 1. The second-order valence-corrected chi connectivity index (χ2v) is 6.49. The van der Waals surface area contributed by atoms with E-state index in [2.05, 4.69) is 15.5 Å². The summed E-state index contributed by atoms with van der Waals surface area (Å²) in [6, 6.07) is 9.38. The number of carbonyl (C=O) groups is 1. The first kappa shape index (κ1) is 17.5. The maximum absolute atomic E-state index is 12.1. The Morgan fingerprint density at radius 2 is 1.96 bits per heavy atom. The minimum absolute atomic E-state index is 0.159. The van der Waals surface area contributed by atoms with Gasteiger partial charge in [0.2, 0.25) is 5.91 Å². The Labute approximate surface area is 155 Å². The van der Waals surface area contributed by atoms with E-state index in [1.807, 2.05) is 37.3 Å². The van der Waals surface area contributed by atoms with Crippen LogP contribution in [0.25, 0.3) is 0 Å². The molecule has 6 nitrogen and oxygen atoms in total. The van der Waals surface area contributed by atoms with Crippen LogP contribution in [0.2, 0.25) is 10.0 Å². The molecule has 0 spiro atoms. The third-order valence-corrected chi connectivity index (χ3v) is 4.24. The predicted molar refractivity (Wildman–Crippen MR) is 98.0 cm³/mol. The third kappa shape index (κ3) is 4.61. The number of amides is 1. The summed E-state index contributed by atoms with van der Waals surface area (Å²) in [6.07, 6.45) is 3.69. The van der Waals surface area contributed by atoms with Crippen molar-refractivity contribution in [1.82, 2.24) is 19.6 Å². The van der Waals surface area contributed by atoms with Crippen molar-refractivity contribution < 1.29 is 4.79 Å². The summed E-state index contributed by atoms with van der Waals surface area (Å²) in [5.41, 5.74) is 2.05. The van der Waals surface area contributed by atoms with Gasteiger partial charge in [0, 0.05) is 36.1 Å². The molecule has 0 bridgehead atoms. The second kappa shape index (κ2) is 7.72. The van der Waals surface area contributed by atoms with Crippen molar-refractivity contribution in [2.75, 3.05) is 5.32 Å². The smallest absolute Gasteiger partial charge is 0.227 e. The molecule has 2 aromatic heterocycles. The molecule has 0 saturated heterocycles. The van der Waals surface area contributed by atoms with Gasteiger partial charge in [0.05, 0.1) is 6.54 Å². The number of benzene rings is 1. The van der Waals surface area contributed by atoms with Crippen molar-refractivity contribution in [1.29, 1.82) is 0 Å². The summed E-state index contributed by atoms with van der Waals surface area (Å²) in [5.74, 6) is 0.200. The quantitative estimate of drug-likeness (QED) is 0.710. The highest BCUT2D eigenvalue weighted by molar-refractivity contribution is 6.33. The topological polar surface area (TPSA) is 64.7 Å². The maximum Gasteiger partial charge on any atom is 0.227 e. The average Bonchev–Trinajstić information content (AvgIpc) is 3.13. The first-order valence-electron chi connectivity index (χ1n) is 7.77. The summed E-state index contributed by atoms with van der Waals surface area (Å²) in [4.78, 5) is 12.1. The molecule has 1 amide bonds. The molecule has 3 aromatic rings. The van der Waals surface area contributed by atoms with Gasteiger partial charge in [0.25, 0.3) is 0 Å². The first-order chi connectivity index (χ1) is 12.0. The van der Waals surface area contributed by atoms with Crippen LogP contribution in [-0.2, 0) is 17.9 Å². The van der Waals surface area contributed by atoms with E-state index in [4.69, 9.17) is 23.2 Å². The van der Waals surface area contributed by atoms with Crippen molar-refractivity contribution >= 4 is 34.9 Å². The lowest BCUT2D eigenvalue weighted by atomic mass is 10.2. The lowest BCUT2D eigenvalue weighted by molar-refractivity contribution is -0.116. The van der Waals surface area contributed by atoms with Crippen LogP contribution in [0.15, 0.2) is 42.7 Å². The zero-order valence-corrected chi connectivity index (χ0v) is 15.1. The van der Waals surface area contributed by atoms with Crippen molar-refractivity contribution in [2.45, 2.75) is 26.4 Å². The van der Waals surface area contributed by atoms with Crippen LogP contribution in [0.4, 0.5) is 5.82 Å². The van der Waals surface area contributed by atoms with E-state index < -0.39 is 0 Å². The van der Waals surface area contributed by atoms with Crippen molar-refractivity contribution in [3.8, 4) is 0 Å². The number of anilines is 1. The highest BCUT2D eigenvalue weighted by atomic mass is 35.5. The highest BCUT2D eigenvalue weighted by Gasteiger charge is 2.11. The molecule has 0 unspecified atom stereocenters. The molecule has 130 valence electrons. The number of hydrogen-bond acceptors (Lipinski definition) is 3. The number of halogens is 2. The summed E-state index contributed by atoms with van der Waals surface area (Å²) >= 11 is 12.0. The molecule has 3 rings (SSSR count). The number of carbonyl (C=O) groups excluding carboxylic acids is 1. The van der Waals surface area contributed by atoms with Gasteiger partial charge in [-0.05, 0) is 30.7 Å². The molecule has 0 aliphatic rings. The Morgan fingerprint density at radius 1 is 1.20 bits per heavy atom. The van der Waals surface area contributed by atoms with Gasteiger partial charge in [-0.3, -0.25) is 14.2 Å². The monoisotopic (exact) mass is 377 g/mol. The fourth-order valence-electron chi connectivity index (χ4n) is 2.37. The summed E-state index contributed by atoms with van der Waals surface area (Å²) in [6.45, 7) is 2.99. The van der Waals surface area contributed by atoms with Gasteiger partial charge in [0.15, 0.2) is 5.82 Å². The largest absolute Gasteiger partial charge is 0.308 e. The molecule has 25 heavy (non-hydrogen) atoms. The van der Waals surface area contributed by atoms with Crippen LogP contribution in [0.3, 0.4) is 0 Å². The van der Waals surface area contributed by atoms with E-state index in [1.165, 1.54) is 0 Å². The molecule has 0 fully saturated rings. The molecule has 0 aliphatic heterocycles. The van der Waals surface area contributed by atoms with Gasteiger partial charge >= 0.3 is 0 Å². The van der Waals surface area contributed by atoms with Crippen LogP contribution >= 0.6 is 23.2 Å². The van der Waals surface area contributed by atoms with E-state index >= 15 is 0 Å². The summed E-state index contributed by atoms with van der Waals surface area (Å²) in [7, 11) is 0. The standard InChI is InChI=1S/C17H17Cl2N5O/c1-12-6-8-20-24(12)9-7-16(25)21-17-15(19)11-23(22-17)10-13-2-4-14(18)5-3-13/h2-6,8,11H,7,9-10H2,1H3,(H,21,22,25). The van der Waals surface area contributed by atoms with Gasteiger partial charge in [0.1, 0.15) is 5.02 Å². The third-order valence-electron chi connectivity index (χ3n) is 3.71. The van der Waals surface area contributed by atoms with E-state index in [-0.39, 0.29) is 5.91 Å². The zero-order valence-electron chi connectivity index (χ0n) is 13.6. The second-order valence-electron chi connectivity index (χ2n) is 5.64. The molecule has 8 heteroatoms. The van der Waals surface area contributed by atoms with Crippen molar-refractivity contribution in [2.24, 2.45) is 0 Å². The fourth-order valence-corrected chi connectivity index (χ4v) is 2.70. The number of nitrogens with one attached hydrogen (secondary N) is 1. The van der Waals surface area contributed by atoms with Crippen LogP contribution in [0.1, 0.15) is 17.7 Å². The summed E-state index contributed by atoms with van der Waals surface area (Å²) < 4.78 is 3.46.